The van der Waals surface area contributed by atoms with Crippen molar-refractivity contribution >= 4 is 0 Å². The van der Waals surface area contributed by atoms with E-state index >= 15 is 0 Å². The fourth-order valence-electron chi connectivity index (χ4n) is 3.34. The third kappa shape index (κ3) is 3.67. The van der Waals surface area contributed by atoms with Gasteiger partial charge >= 0.3 is 0 Å². The molecule has 3 nitrogen and oxygen atoms in total. The first-order valence-corrected chi connectivity index (χ1v) is 7.36. The van der Waals surface area contributed by atoms with Crippen LogP contribution in [0.25, 0.3) is 0 Å². The van der Waals surface area contributed by atoms with E-state index in [4.69, 9.17) is 4.74 Å². The Morgan fingerprint density at radius 1 is 1.24 bits per heavy atom. The third-order valence-electron chi connectivity index (χ3n) is 4.44. The highest BCUT2D eigenvalue weighted by Gasteiger charge is 2.27. The van der Waals surface area contributed by atoms with Crippen molar-refractivity contribution < 1.29 is 4.74 Å². The summed E-state index contributed by atoms with van der Waals surface area (Å²) < 4.78 is 5.77. The molecule has 0 aromatic rings. The largest absolute Gasteiger partial charge is 0.377 e. The predicted octanol–water partition coefficient (Wildman–Crippen LogP) is 2.02. The zero-order valence-electron chi connectivity index (χ0n) is 11.5. The fourth-order valence-corrected chi connectivity index (χ4v) is 3.34. The van der Waals surface area contributed by atoms with E-state index < -0.39 is 0 Å². The van der Waals surface area contributed by atoms with Crippen LogP contribution in [0.1, 0.15) is 45.4 Å². The van der Waals surface area contributed by atoms with E-state index in [9.17, 15) is 0 Å². The molecule has 1 saturated heterocycles. The number of nitrogens with one attached hydrogen (secondary N) is 1. The van der Waals surface area contributed by atoms with Crippen LogP contribution < -0.4 is 5.32 Å². The molecule has 1 heterocycles. The molecule has 1 aliphatic heterocycles. The van der Waals surface area contributed by atoms with Crippen molar-refractivity contribution in [3.8, 4) is 0 Å². The van der Waals surface area contributed by atoms with Crippen LogP contribution in [0, 0.1) is 0 Å². The van der Waals surface area contributed by atoms with Gasteiger partial charge in [-0.15, -0.1) is 0 Å². The molecule has 2 fully saturated rings. The van der Waals surface area contributed by atoms with Gasteiger partial charge in [0, 0.05) is 25.2 Å². The quantitative estimate of drug-likeness (QED) is 0.795. The van der Waals surface area contributed by atoms with Gasteiger partial charge in [0.2, 0.25) is 0 Å². The average molecular weight is 240 g/mol. The molecule has 2 rings (SSSR count). The lowest BCUT2D eigenvalue weighted by Crippen LogP contribution is -2.46. The normalized spacial score (nSPS) is 34.4. The zero-order valence-corrected chi connectivity index (χ0v) is 11.5. The maximum Gasteiger partial charge on any atom is 0.0702 e. The van der Waals surface area contributed by atoms with Crippen molar-refractivity contribution in [1.29, 1.82) is 0 Å². The minimum absolute atomic E-state index is 0.505. The van der Waals surface area contributed by atoms with Crippen molar-refractivity contribution in [1.82, 2.24) is 10.2 Å². The third-order valence-corrected chi connectivity index (χ3v) is 4.44. The molecule has 0 amide bonds. The molecule has 1 aliphatic carbocycles. The van der Waals surface area contributed by atoms with Crippen LogP contribution in [0.3, 0.4) is 0 Å². The van der Waals surface area contributed by atoms with Gasteiger partial charge in [0.05, 0.1) is 6.10 Å². The van der Waals surface area contributed by atoms with Gasteiger partial charge in [0.15, 0.2) is 0 Å². The van der Waals surface area contributed by atoms with E-state index in [1.807, 2.05) is 0 Å². The molecule has 1 N–H and O–H groups in total. The van der Waals surface area contributed by atoms with Gasteiger partial charge in [0.1, 0.15) is 0 Å². The van der Waals surface area contributed by atoms with Crippen LogP contribution in [0.5, 0.6) is 0 Å². The minimum Gasteiger partial charge on any atom is -0.377 e. The summed E-state index contributed by atoms with van der Waals surface area (Å²) in [6.45, 7) is 5.59. The molecule has 0 aromatic carbocycles. The smallest absolute Gasteiger partial charge is 0.0702 e. The highest BCUT2D eigenvalue weighted by molar-refractivity contribution is 4.84. The van der Waals surface area contributed by atoms with E-state index in [-0.39, 0.29) is 0 Å². The lowest BCUT2D eigenvalue weighted by atomic mass is 9.90. The molecule has 3 heteroatoms. The molecule has 0 spiro atoms. The van der Waals surface area contributed by atoms with Crippen LogP contribution in [-0.2, 0) is 4.74 Å². The summed E-state index contributed by atoms with van der Waals surface area (Å²) in [6.07, 6.45) is 8.44. The number of rotatable bonds is 5. The first-order chi connectivity index (χ1) is 8.33. The Morgan fingerprint density at radius 2 is 2.12 bits per heavy atom. The molecule has 2 aliphatic rings. The second-order valence-electron chi connectivity index (χ2n) is 5.53. The summed E-state index contributed by atoms with van der Waals surface area (Å²) in [5, 5.41) is 3.45. The summed E-state index contributed by atoms with van der Waals surface area (Å²) >= 11 is 0. The minimum atomic E-state index is 0.505. The van der Waals surface area contributed by atoms with Gasteiger partial charge in [-0.25, -0.2) is 0 Å². The van der Waals surface area contributed by atoms with Crippen LogP contribution in [0.4, 0.5) is 0 Å². The molecule has 0 bridgehead atoms. The molecule has 17 heavy (non-hydrogen) atoms. The van der Waals surface area contributed by atoms with Gasteiger partial charge in [-0.1, -0.05) is 13.3 Å². The Bertz CT molecular complexity index is 216. The summed E-state index contributed by atoms with van der Waals surface area (Å²) in [6, 6.07) is 1.50. The Morgan fingerprint density at radius 3 is 2.76 bits per heavy atom. The lowest BCUT2D eigenvalue weighted by Gasteiger charge is -2.38. The molecule has 3 atom stereocenters. The second-order valence-corrected chi connectivity index (χ2v) is 5.53. The fraction of sp³-hybridized carbons (Fsp3) is 1.00. The van der Waals surface area contributed by atoms with E-state index in [2.05, 4.69) is 24.2 Å². The first kappa shape index (κ1) is 13.3. The highest BCUT2D eigenvalue weighted by atomic mass is 16.5. The number of ether oxygens (including phenoxy) is 1. The Kier molecular flexibility index (Phi) is 5.26. The maximum atomic E-state index is 5.77. The van der Waals surface area contributed by atoms with Crippen LogP contribution in [0.2, 0.25) is 0 Å². The molecular weight excluding hydrogens is 212 g/mol. The Labute approximate surface area is 106 Å². The van der Waals surface area contributed by atoms with Crippen molar-refractivity contribution in [2.45, 2.75) is 63.6 Å². The van der Waals surface area contributed by atoms with E-state index in [1.54, 1.807) is 0 Å². The lowest BCUT2D eigenvalue weighted by molar-refractivity contribution is 0.0479. The van der Waals surface area contributed by atoms with Gasteiger partial charge in [-0.2, -0.15) is 0 Å². The van der Waals surface area contributed by atoms with Crippen molar-refractivity contribution in [3.63, 3.8) is 0 Å². The van der Waals surface area contributed by atoms with E-state index in [0.717, 1.165) is 25.2 Å². The van der Waals surface area contributed by atoms with Gasteiger partial charge in [-0.3, -0.25) is 4.90 Å². The molecule has 1 saturated carbocycles. The highest BCUT2D eigenvalue weighted by Crippen LogP contribution is 2.24. The zero-order chi connectivity index (χ0) is 12.1. The molecule has 3 unspecified atom stereocenters. The Hall–Kier alpha value is -0.120. The number of hydrogen-bond donors (Lipinski definition) is 1. The summed E-state index contributed by atoms with van der Waals surface area (Å²) in [5.74, 6) is 0. The topological polar surface area (TPSA) is 24.5 Å². The van der Waals surface area contributed by atoms with Crippen molar-refractivity contribution in [2.75, 3.05) is 26.7 Å². The monoisotopic (exact) mass is 240 g/mol. The molecule has 100 valence electrons. The van der Waals surface area contributed by atoms with Gasteiger partial charge in [-0.05, 0) is 45.7 Å². The number of hydrogen-bond acceptors (Lipinski definition) is 3. The van der Waals surface area contributed by atoms with Crippen molar-refractivity contribution in [3.05, 3.63) is 0 Å². The van der Waals surface area contributed by atoms with E-state index in [1.165, 1.54) is 45.1 Å². The molecular formula is C14H28N2O. The van der Waals surface area contributed by atoms with Gasteiger partial charge < -0.3 is 10.1 Å². The van der Waals surface area contributed by atoms with E-state index in [0.29, 0.717) is 6.10 Å². The van der Waals surface area contributed by atoms with Crippen LogP contribution >= 0.6 is 0 Å². The predicted molar refractivity (Wildman–Crippen MR) is 71.3 cm³/mol. The average Bonchev–Trinajstić information content (AvgIpc) is 2.89. The van der Waals surface area contributed by atoms with Crippen molar-refractivity contribution in [2.24, 2.45) is 0 Å². The second kappa shape index (κ2) is 6.72. The van der Waals surface area contributed by atoms with Crippen LogP contribution in [0.15, 0.2) is 0 Å². The molecule has 0 aromatic heterocycles. The summed E-state index contributed by atoms with van der Waals surface area (Å²) in [7, 11) is 2.10. The summed E-state index contributed by atoms with van der Waals surface area (Å²) in [5.41, 5.74) is 0. The van der Waals surface area contributed by atoms with Crippen LogP contribution in [-0.4, -0.2) is 49.8 Å². The number of likely N-dealkylation sites (N-methyl/N-ethyl adjacent to an activating group) is 1. The maximum absolute atomic E-state index is 5.77. The Balaban J connectivity index is 1.83. The summed E-state index contributed by atoms with van der Waals surface area (Å²) in [4.78, 5) is 2.65. The number of nitrogens with zero attached hydrogens (tertiary/aromatic N) is 1. The SMILES string of the molecule is CCN(CC1CCCO1)C1CCCC(NC)C1. The first-order valence-electron chi connectivity index (χ1n) is 7.36. The molecule has 0 radical (unpaired) electrons. The standard InChI is InChI=1S/C14H28N2O/c1-3-16(11-14-8-5-9-17-14)13-7-4-6-12(10-13)15-2/h12-15H,3-11H2,1-2H3. The van der Waals surface area contributed by atoms with Gasteiger partial charge in [0.25, 0.3) is 0 Å².